The summed E-state index contributed by atoms with van der Waals surface area (Å²) in [5.74, 6) is 0. The van der Waals surface area contributed by atoms with E-state index in [1.807, 2.05) is 53.7 Å². The van der Waals surface area contributed by atoms with Crippen molar-refractivity contribution < 1.29 is 14.3 Å². The molecule has 1 aliphatic rings. The Kier molecular flexibility index (Phi) is 4.43. The summed E-state index contributed by atoms with van der Waals surface area (Å²) in [7, 11) is 0. The molecule has 0 radical (unpaired) electrons. The molecule has 1 saturated heterocycles. The Balaban J connectivity index is 2.81. The first-order valence-corrected chi connectivity index (χ1v) is 6.45. The number of ether oxygens (including phenoxy) is 2. The predicted octanol–water partition coefficient (Wildman–Crippen LogP) is 3.32. The molecule has 1 atom stereocenters. The lowest BCUT2D eigenvalue weighted by Gasteiger charge is -2.34. The van der Waals surface area contributed by atoms with Gasteiger partial charge >= 0.3 is 6.09 Å². The lowest BCUT2D eigenvalue weighted by molar-refractivity contribution is -0.0623. The number of allylic oxidation sites excluding steroid dienone is 1. The molecule has 1 heterocycles. The van der Waals surface area contributed by atoms with Crippen LogP contribution in [0.3, 0.4) is 0 Å². The summed E-state index contributed by atoms with van der Waals surface area (Å²) in [6.45, 7) is 11.9. The van der Waals surface area contributed by atoms with Gasteiger partial charge in [0.1, 0.15) is 11.3 Å². The molecule has 18 heavy (non-hydrogen) atoms. The number of rotatable bonds is 2. The smallest absolute Gasteiger partial charge is 0.412 e. The summed E-state index contributed by atoms with van der Waals surface area (Å²) in [5.41, 5.74) is -1.09. The van der Waals surface area contributed by atoms with Gasteiger partial charge in [-0.1, -0.05) is 12.2 Å². The fourth-order valence-corrected chi connectivity index (χ4v) is 2.03. The second-order valence-electron chi connectivity index (χ2n) is 6.07. The molecule has 0 N–H and O–H groups in total. The van der Waals surface area contributed by atoms with E-state index in [-0.39, 0.29) is 12.1 Å². The Morgan fingerprint density at radius 3 is 2.61 bits per heavy atom. The highest BCUT2D eigenvalue weighted by atomic mass is 16.6. The van der Waals surface area contributed by atoms with Crippen LogP contribution in [0.5, 0.6) is 0 Å². The van der Waals surface area contributed by atoms with E-state index in [2.05, 4.69) is 0 Å². The predicted molar refractivity (Wildman–Crippen MR) is 71.3 cm³/mol. The first-order chi connectivity index (χ1) is 8.17. The van der Waals surface area contributed by atoms with Gasteiger partial charge in [0.15, 0.2) is 0 Å². The number of hydrogen-bond donors (Lipinski definition) is 0. The largest absolute Gasteiger partial charge is 0.444 e. The molecule has 4 nitrogen and oxygen atoms in total. The van der Waals surface area contributed by atoms with Crippen molar-refractivity contribution >= 4 is 6.09 Å². The lowest BCUT2D eigenvalue weighted by atomic mass is 10.1. The third-order valence-corrected chi connectivity index (χ3v) is 2.81. The zero-order valence-electron chi connectivity index (χ0n) is 12.3. The Morgan fingerprint density at radius 2 is 2.11 bits per heavy atom. The fourth-order valence-electron chi connectivity index (χ4n) is 2.03. The molecule has 0 aromatic heterocycles. The molecule has 1 aliphatic heterocycles. The van der Waals surface area contributed by atoms with Gasteiger partial charge in [-0.2, -0.15) is 0 Å². The standard InChI is InChI=1S/C14H25NO3/c1-7-8-9-11-10-17-14(5,6)15(11)12(16)18-13(2,3)4/h7-8,11H,9-10H2,1-6H3. The number of carbonyl (C=O) groups is 1. The van der Waals surface area contributed by atoms with Gasteiger partial charge in [0.05, 0.1) is 12.6 Å². The van der Waals surface area contributed by atoms with Gasteiger partial charge in [0.2, 0.25) is 0 Å². The zero-order valence-corrected chi connectivity index (χ0v) is 12.3. The van der Waals surface area contributed by atoms with Crippen LogP contribution in [-0.2, 0) is 9.47 Å². The number of carbonyl (C=O) groups excluding carboxylic acids is 1. The monoisotopic (exact) mass is 255 g/mol. The van der Waals surface area contributed by atoms with E-state index in [0.717, 1.165) is 6.42 Å². The molecular formula is C14H25NO3. The van der Waals surface area contributed by atoms with Crippen molar-refractivity contribution in [2.24, 2.45) is 0 Å². The number of hydrogen-bond acceptors (Lipinski definition) is 3. The molecule has 0 spiro atoms. The van der Waals surface area contributed by atoms with Crippen LogP contribution in [0, 0.1) is 0 Å². The highest BCUT2D eigenvalue weighted by Crippen LogP contribution is 2.30. The fraction of sp³-hybridized carbons (Fsp3) is 0.786. The quantitative estimate of drug-likeness (QED) is 0.710. The van der Waals surface area contributed by atoms with Gasteiger partial charge in [0, 0.05) is 0 Å². The summed E-state index contributed by atoms with van der Waals surface area (Å²) in [4.78, 5) is 14.0. The summed E-state index contributed by atoms with van der Waals surface area (Å²) in [5, 5.41) is 0. The van der Waals surface area contributed by atoms with Crippen LogP contribution in [0.4, 0.5) is 4.79 Å². The third-order valence-electron chi connectivity index (χ3n) is 2.81. The molecule has 0 aromatic rings. The van der Waals surface area contributed by atoms with Gasteiger partial charge in [-0.25, -0.2) is 4.79 Å². The number of nitrogens with zero attached hydrogens (tertiary/aromatic N) is 1. The maximum absolute atomic E-state index is 12.2. The molecule has 0 aromatic carbocycles. The highest BCUT2D eigenvalue weighted by Gasteiger charge is 2.44. The number of amides is 1. The van der Waals surface area contributed by atoms with E-state index in [1.165, 1.54) is 0 Å². The van der Waals surface area contributed by atoms with Gasteiger partial charge in [-0.3, -0.25) is 4.90 Å². The van der Waals surface area contributed by atoms with E-state index in [0.29, 0.717) is 6.61 Å². The second-order valence-corrected chi connectivity index (χ2v) is 6.07. The first-order valence-electron chi connectivity index (χ1n) is 6.45. The first kappa shape index (κ1) is 15.0. The average Bonchev–Trinajstić information content (AvgIpc) is 2.48. The average molecular weight is 255 g/mol. The normalized spacial score (nSPS) is 23.7. The van der Waals surface area contributed by atoms with Gasteiger partial charge in [-0.15, -0.1) is 0 Å². The highest BCUT2D eigenvalue weighted by molar-refractivity contribution is 5.69. The summed E-state index contributed by atoms with van der Waals surface area (Å²) >= 11 is 0. The Bertz CT molecular complexity index is 328. The molecule has 0 saturated carbocycles. The second kappa shape index (κ2) is 5.31. The maximum Gasteiger partial charge on any atom is 0.412 e. The minimum atomic E-state index is -0.603. The molecule has 0 aliphatic carbocycles. The molecule has 1 amide bonds. The summed E-state index contributed by atoms with van der Waals surface area (Å²) in [6.07, 6.45) is 4.52. The van der Waals surface area contributed by atoms with Crippen LogP contribution < -0.4 is 0 Å². The van der Waals surface area contributed by atoms with Crippen LogP contribution in [-0.4, -0.2) is 35.0 Å². The molecule has 1 fully saturated rings. The van der Waals surface area contributed by atoms with E-state index in [4.69, 9.17) is 9.47 Å². The third kappa shape index (κ3) is 3.73. The van der Waals surface area contributed by atoms with Crippen molar-refractivity contribution in [2.45, 2.75) is 65.3 Å². The summed E-state index contributed by atoms with van der Waals surface area (Å²) < 4.78 is 11.1. The Hall–Kier alpha value is -1.03. The van der Waals surface area contributed by atoms with Crippen LogP contribution in [0.1, 0.15) is 48.0 Å². The SMILES string of the molecule is CC=CCC1COC(C)(C)N1C(=O)OC(C)(C)C. The van der Waals surface area contributed by atoms with E-state index in [9.17, 15) is 4.79 Å². The van der Waals surface area contributed by atoms with Gasteiger partial charge in [0.25, 0.3) is 0 Å². The minimum absolute atomic E-state index is 0.0473. The Labute approximate surface area is 110 Å². The van der Waals surface area contributed by atoms with Crippen molar-refractivity contribution in [3.05, 3.63) is 12.2 Å². The van der Waals surface area contributed by atoms with Crippen molar-refractivity contribution in [1.82, 2.24) is 4.90 Å². The van der Waals surface area contributed by atoms with Gasteiger partial charge < -0.3 is 9.47 Å². The van der Waals surface area contributed by atoms with Crippen molar-refractivity contribution in [3.8, 4) is 0 Å². The molecule has 4 heteroatoms. The Morgan fingerprint density at radius 1 is 1.50 bits per heavy atom. The molecule has 1 unspecified atom stereocenters. The maximum atomic E-state index is 12.2. The van der Waals surface area contributed by atoms with Gasteiger partial charge in [-0.05, 0) is 48.0 Å². The molecule has 1 rings (SSSR count). The van der Waals surface area contributed by atoms with E-state index >= 15 is 0 Å². The summed E-state index contributed by atoms with van der Waals surface area (Å²) in [6, 6.07) is 0.0473. The van der Waals surface area contributed by atoms with E-state index in [1.54, 1.807) is 4.90 Å². The van der Waals surface area contributed by atoms with Crippen molar-refractivity contribution in [3.63, 3.8) is 0 Å². The minimum Gasteiger partial charge on any atom is -0.444 e. The molecule has 104 valence electrons. The van der Waals surface area contributed by atoms with Crippen molar-refractivity contribution in [2.75, 3.05) is 6.61 Å². The van der Waals surface area contributed by atoms with Crippen molar-refractivity contribution in [1.29, 1.82) is 0 Å². The van der Waals surface area contributed by atoms with Crippen LogP contribution in [0.15, 0.2) is 12.2 Å². The topological polar surface area (TPSA) is 38.8 Å². The molecule has 0 bridgehead atoms. The zero-order chi connectivity index (χ0) is 14.0. The van der Waals surface area contributed by atoms with Crippen LogP contribution >= 0.6 is 0 Å². The van der Waals surface area contributed by atoms with Crippen LogP contribution in [0.25, 0.3) is 0 Å². The van der Waals surface area contributed by atoms with E-state index < -0.39 is 11.3 Å². The molecular weight excluding hydrogens is 230 g/mol. The van der Waals surface area contributed by atoms with Crippen LogP contribution in [0.2, 0.25) is 0 Å². The lowest BCUT2D eigenvalue weighted by Crippen LogP contribution is -2.49.